The van der Waals surface area contributed by atoms with Gasteiger partial charge in [0.25, 0.3) is 5.91 Å². The number of rotatable bonds is 7. The molecular formula is C27H26ClN5O3. The number of carbonyl (C=O) groups is 1. The van der Waals surface area contributed by atoms with Gasteiger partial charge in [-0.25, -0.2) is 9.97 Å². The van der Waals surface area contributed by atoms with Gasteiger partial charge in [0.1, 0.15) is 11.0 Å². The van der Waals surface area contributed by atoms with Crippen molar-refractivity contribution in [3.05, 3.63) is 83.1 Å². The van der Waals surface area contributed by atoms with E-state index in [1.165, 1.54) is 18.9 Å². The molecule has 5 rings (SSSR count). The summed E-state index contributed by atoms with van der Waals surface area (Å²) in [6.45, 7) is 3.75. The second kappa shape index (κ2) is 10.8. The minimum Gasteiger partial charge on any atom is -0.481 e. The van der Waals surface area contributed by atoms with Crippen LogP contribution in [0.1, 0.15) is 15.9 Å². The molecule has 2 aromatic carbocycles. The number of H-pyrrole nitrogens is 1. The topological polar surface area (TPSA) is 92.4 Å². The van der Waals surface area contributed by atoms with Crippen molar-refractivity contribution in [3.63, 3.8) is 0 Å². The predicted octanol–water partition coefficient (Wildman–Crippen LogP) is 4.57. The standard InChI is InChI=1S/C27H26ClN5O3/c1-35-25-15-21(14-24(28)32-25)27(34)30-16-18-2-4-20(5-3-18)26-29-17-23(31-26)19-6-8-22(9-7-19)33-10-12-36-13-11-33/h2-9,14-15,17H,10-13,16H2,1H3,(H,29,31)(H,30,34). The summed E-state index contributed by atoms with van der Waals surface area (Å²) in [7, 11) is 1.48. The summed E-state index contributed by atoms with van der Waals surface area (Å²) in [5.74, 6) is 0.830. The fourth-order valence-corrected chi connectivity index (χ4v) is 4.26. The number of halogens is 1. The Morgan fingerprint density at radius 1 is 1.08 bits per heavy atom. The van der Waals surface area contributed by atoms with Crippen molar-refractivity contribution in [2.75, 3.05) is 38.3 Å². The molecule has 4 aromatic rings. The van der Waals surface area contributed by atoms with Gasteiger partial charge in [-0.05, 0) is 29.3 Å². The third-order valence-corrected chi connectivity index (χ3v) is 6.25. The number of hydrogen-bond acceptors (Lipinski definition) is 6. The summed E-state index contributed by atoms with van der Waals surface area (Å²) in [5, 5.41) is 3.10. The van der Waals surface area contributed by atoms with Gasteiger partial charge in [-0.3, -0.25) is 4.79 Å². The molecule has 1 fully saturated rings. The second-order valence-corrected chi connectivity index (χ2v) is 8.78. The van der Waals surface area contributed by atoms with Crippen molar-refractivity contribution in [1.82, 2.24) is 20.3 Å². The van der Waals surface area contributed by atoms with Crippen LogP contribution >= 0.6 is 11.6 Å². The molecule has 3 heterocycles. The van der Waals surface area contributed by atoms with Gasteiger partial charge in [-0.15, -0.1) is 0 Å². The molecule has 2 N–H and O–H groups in total. The van der Waals surface area contributed by atoms with Crippen molar-refractivity contribution in [2.45, 2.75) is 6.54 Å². The number of methoxy groups -OCH3 is 1. The van der Waals surface area contributed by atoms with Crippen LogP contribution in [0.4, 0.5) is 5.69 Å². The molecule has 0 radical (unpaired) electrons. The quantitative estimate of drug-likeness (QED) is 0.359. The first kappa shape index (κ1) is 23.8. The van der Waals surface area contributed by atoms with E-state index < -0.39 is 0 Å². The highest BCUT2D eigenvalue weighted by Gasteiger charge is 2.13. The minimum absolute atomic E-state index is 0.203. The molecule has 1 aliphatic heterocycles. The number of pyridine rings is 1. The Kier molecular flexibility index (Phi) is 7.16. The number of aromatic nitrogens is 3. The van der Waals surface area contributed by atoms with Gasteiger partial charge in [0.15, 0.2) is 0 Å². The first-order valence-corrected chi connectivity index (χ1v) is 12.0. The molecule has 0 bridgehead atoms. The van der Waals surface area contributed by atoms with Crippen molar-refractivity contribution in [2.24, 2.45) is 0 Å². The van der Waals surface area contributed by atoms with E-state index in [0.29, 0.717) is 18.0 Å². The van der Waals surface area contributed by atoms with Crippen LogP contribution in [0.2, 0.25) is 5.15 Å². The lowest BCUT2D eigenvalue weighted by Crippen LogP contribution is -2.36. The number of hydrogen-bond donors (Lipinski definition) is 2. The third-order valence-electron chi connectivity index (χ3n) is 6.05. The first-order chi connectivity index (χ1) is 17.6. The van der Waals surface area contributed by atoms with Gasteiger partial charge < -0.3 is 24.7 Å². The van der Waals surface area contributed by atoms with Crippen LogP contribution in [0.25, 0.3) is 22.6 Å². The molecule has 0 spiro atoms. The lowest BCUT2D eigenvalue weighted by Gasteiger charge is -2.28. The Balaban J connectivity index is 1.21. The van der Waals surface area contributed by atoms with Crippen LogP contribution in [0.5, 0.6) is 5.88 Å². The fraction of sp³-hybridized carbons (Fsp3) is 0.222. The number of ether oxygens (including phenoxy) is 2. The van der Waals surface area contributed by atoms with Gasteiger partial charge in [-0.1, -0.05) is 48.0 Å². The highest BCUT2D eigenvalue weighted by Crippen LogP contribution is 2.25. The Labute approximate surface area is 214 Å². The number of nitrogens with one attached hydrogen (secondary N) is 2. The molecule has 0 atom stereocenters. The summed E-state index contributed by atoms with van der Waals surface area (Å²) in [5.41, 5.74) is 5.57. The van der Waals surface area contributed by atoms with E-state index in [2.05, 4.69) is 49.4 Å². The molecule has 36 heavy (non-hydrogen) atoms. The van der Waals surface area contributed by atoms with Gasteiger partial charge in [-0.2, -0.15) is 0 Å². The number of aromatic amines is 1. The van der Waals surface area contributed by atoms with Gasteiger partial charge in [0.05, 0.1) is 32.2 Å². The van der Waals surface area contributed by atoms with Gasteiger partial charge >= 0.3 is 0 Å². The Bertz CT molecular complexity index is 1330. The van der Waals surface area contributed by atoms with Crippen LogP contribution < -0.4 is 15.0 Å². The van der Waals surface area contributed by atoms with E-state index in [4.69, 9.17) is 21.1 Å². The molecule has 0 aliphatic carbocycles. The molecule has 184 valence electrons. The molecule has 2 aromatic heterocycles. The fourth-order valence-electron chi connectivity index (χ4n) is 4.06. The lowest BCUT2D eigenvalue weighted by molar-refractivity contribution is 0.0950. The third kappa shape index (κ3) is 5.50. The van der Waals surface area contributed by atoms with Gasteiger partial charge in [0, 0.05) is 42.5 Å². The normalized spacial score (nSPS) is 13.4. The lowest BCUT2D eigenvalue weighted by atomic mass is 10.1. The van der Waals surface area contributed by atoms with E-state index in [-0.39, 0.29) is 11.1 Å². The smallest absolute Gasteiger partial charge is 0.251 e. The van der Waals surface area contributed by atoms with Crippen LogP contribution in [0, 0.1) is 0 Å². The van der Waals surface area contributed by atoms with Crippen molar-refractivity contribution >= 4 is 23.2 Å². The first-order valence-electron chi connectivity index (χ1n) is 11.7. The molecule has 0 unspecified atom stereocenters. The number of benzene rings is 2. The van der Waals surface area contributed by atoms with E-state index in [9.17, 15) is 4.79 Å². The Morgan fingerprint density at radius 3 is 2.53 bits per heavy atom. The summed E-state index contributed by atoms with van der Waals surface area (Å²) >= 11 is 5.96. The second-order valence-electron chi connectivity index (χ2n) is 8.39. The Morgan fingerprint density at radius 2 is 1.81 bits per heavy atom. The highest BCUT2D eigenvalue weighted by molar-refractivity contribution is 6.29. The molecular weight excluding hydrogens is 478 g/mol. The zero-order chi connectivity index (χ0) is 24.9. The molecule has 8 nitrogen and oxygen atoms in total. The number of amides is 1. The zero-order valence-electron chi connectivity index (χ0n) is 19.8. The maximum Gasteiger partial charge on any atom is 0.251 e. The molecule has 1 saturated heterocycles. The number of imidazole rings is 1. The molecule has 0 saturated carbocycles. The van der Waals surface area contributed by atoms with E-state index in [1.54, 1.807) is 6.07 Å². The predicted molar refractivity (Wildman–Crippen MR) is 139 cm³/mol. The summed E-state index contributed by atoms with van der Waals surface area (Å²) in [6.07, 6.45) is 1.85. The van der Waals surface area contributed by atoms with Crippen LogP contribution in [-0.4, -0.2) is 54.3 Å². The average Bonchev–Trinajstić information content (AvgIpc) is 3.42. The number of nitrogens with zero attached hydrogens (tertiary/aromatic N) is 3. The van der Waals surface area contributed by atoms with Crippen molar-refractivity contribution < 1.29 is 14.3 Å². The summed E-state index contributed by atoms with van der Waals surface area (Å²) in [6, 6.07) is 19.5. The Hall–Kier alpha value is -3.88. The van der Waals surface area contributed by atoms with Crippen LogP contribution in [-0.2, 0) is 11.3 Å². The van der Waals surface area contributed by atoms with Crippen LogP contribution in [0.3, 0.4) is 0 Å². The maximum absolute atomic E-state index is 12.5. The SMILES string of the molecule is COc1cc(C(=O)NCc2ccc(-c3ncc(-c4ccc(N5CCOCC5)cc4)[nH]3)cc2)cc(Cl)n1. The zero-order valence-corrected chi connectivity index (χ0v) is 20.6. The monoisotopic (exact) mass is 503 g/mol. The van der Waals surface area contributed by atoms with Gasteiger partial charge in [0.2, 0.25) is 5.88 Å². The average molecular weight is 504 g/mol. The highest BCUT2D eigenvalue weighted by atomic mass is 35.5. The molecule has 1 aliphatic rings. The van der Waals surface area contributed by atoms with Crippen molar-refractivity contribution in [3.8, 4) is 28.5 Å². The summed E-state index contributed by atoms with van der Waals surface area (Å²) < 4.78 is 10.5. The largest absolute Gasteiger partial charge is 0.481 e. The van der Waals surface area contributed by atoms with E-state index >= 15 is 0 Å². The van der Waals surface area contributed by atoms with E-state index in [1.807, 2.05) is 30.5 Å². The number of carbonyl (C=O) groups excluding carboxylic acids is 1. The number of morpholine rings is 1. The molecule has 1 amide bonds. The van der Waals surface area contributed by atoms with E-state index in [0.717, 1.165) is 54.5 Å². The van der Waals surface area contributed by atoms with Crippen LogP contribution in [0.15, 0.2) is 66.9 Å². The number of anilines is 1. The molecule has 9 heteroatoms. The van der Waals surface area contributed by atoms with Crippen molar-refractivity contribution in [1.29, 1.82) is 0 Å². The minimum atomic E-state index is -0.253. The summed E-state index contributed by atoms with van der Waals surface area (Å²) in [4.78, 5) is 26.8. The maximum atomic E-state index is 12.5.